The molecule has 17 heavy (non-hydrogen) atoms. The summed E-state index contributed by atoms with van der Waals surface area (Å²) in [7, 11) is 0. The van der Waals surface area contributed by atoms with Crippen LogP contribution in [-0.4, -0.2) is 19.7 Å². The molecule has 1 aliphatic heterocycles. The molecule has 0 spiro atoms. The first-order chi connectivity index (χ1) is 8.27. The molecule has 2 nitrogen and oxygen atoms in total. The van der Waals surface area contributed by atoms with Crippen LogP contribution in [0.1, 0.15) is 18.4 Å². The van der Waals surface area contributed by atoms with Gasteiger partial charge in [0, 0.05) is 12.1 Å². The van der Waals surface area contributed by atoms with Gasteiger partial charge >= 0.3 is 0 Å². The van der Waals surface area contributed by atoms with Gasteiger partial charge in [0.25, 0.3) is 0 Å². The van der Waals surface area contributed by atoms with Crippen molar-refractivity contribution in [2.45, 2.75) is 19.4 Å². The summed E-state index contributed by atoms with van der Waals surface area (Å²) in [5, 5.41) is 3.28. The first kappa shape index (κ1) is 12.5. The summed E-state index contributed by atoms with van der Waals surface area (Å²) in [5.41, 5.74) is 0.0243. The van der Waals surface area contributed by atoms with Crippen LogP contribution in [0.5, 0.6) is 0 Å². The Morgan fingerprint density at radius 2 is 2.06 bits per heavy atom. The summed E-state index contributed by atoms with van der Waals surface area (Å²) in [5.74, 6) is -0.614. The topological polar surface area (TPSA) is 21.3 Å². The van der Waals surface area contributed by atoms with E-state index in [-0.39, 0.29) is 12.2 Å². The van der Waals surface area contributed by atoms with Crippen LogP contribution < -0.4 is 5.32 Å². The molecule has 4 heteroatoms. The van der Waals surface area contributed by atoms with E-state index in [0.29, 0.717) is 12.5 Å². The van der Waals surface area contributed by atoms with Crippen molar-refractivity contribution in [1.29, 1.82) is 0 Å². The van der Waals surface area contributed by atoms with Crippen molar-refractivity contribution in [2.75, 3.05) is 19.7 Å². The number of nitrogens with one attached hydrogen (secondary N) is 1. The minimum absolute atomic E-state index is 0.00894. The molecule has 0 amide bonds. The molecule has 1 aromatic rings. The molecule has 1 N–H and O–H groups in total. The molecule has 0 unspecified atom stereocenters. The van der Waals surface area contributed by atoms with Crippen molar-refractivity contribution in [2.24, 2.45) is 5.92 Å². The number of hydrogen-bond acceptors (Lipinski definition) is 2. The predicted molar refractivity (Wildman–Crippen MR) is 61.6 cm³/mol. The van der Waals surface area contributed by atoms with Crippen LogP contribution in [0.4, 0.5) is 8.78 Å². The van der Waals surface area contributed by atoms with Gasteiger partial charge in [0.15, 0.2) is 0 Å². The second-order valence-electron chi connectivity index (χ2n) is 4.43. The molecule has 0 aliphatic carbocycles. The zero-order valence-electron chi connectivity index (χ0n) is 9.72. The second kappa shape index (κ2) is 6.07. The van der Waals surface area contributed by atoms with Gasteiger partial charge < -0.3 is 10.1 Å². The zero-order chi connectivity index (χ0) is 12.1. The van der Waals surface area contributed by atoms with Crippen LogP contribution in [0.3, 0.4) is 0 Å². The van der Waals surface area contributed by atoms with Gasteiger partial charge in [-0.1, -0.05) is 6.07 Å². The van der Waals surface area contributed by atoms with Crippen LogP contribution in [0.2, 0.25) is 0 Å². The molecule has 1 atom stereocenters. The van der Waals surface area contributed by atoms with E-state index in [0.717, 1.165) is 25.9 Å². The highest BCUT2D eigenvalue weighted by Crippen LogP contribution is 2.15. The van der Waals surface area contributed by atoms with Gasteiger partial charge in [-0.15, -0.1) is 0 Å². The fourth-order valence-electron chi connectivity index (χ4n) is 2.06. The molecule has 0 bridgehead atoms. The van der Waals surface area contributed by atoms with Gasteiger partial charge in [0.2, 0.25) is 0 Å². The number of halogens is 2. The summed E-state index contributed by atoms with van der Waals surface area (Å²) < 4.78 is 32.0. The third-order valence-electron chi connectivity index (χ3n) is 3.06. The minimum atomic E-state index is -0.535. The van der Waals surface area contributed by atoms with E-state index in [4.69, 9.17) is 4.74 Å². The quantitative estimate of drug-likeness (QED) is 0.874. The first-order valence-corrected chi connectivity index (χ1v) is 5.98. The Balaban J connectivity index is 1.81. The number of hydrogen-bond donors (Lipinski definition) is 1. The molecule has 2 rings (SSSR count). The van der Waals surface area contributed by atoms with Crippen molar-refractivity contribution < 1.29 is 13.5 Å². The number of ether oxygens (including phenoxy) is 1. The minimum Gasteiger partial charge on any atom is -0.376 e. The summed E-state index contributed by atoms with van der Waals surface area (Å²) in [6.45, 7) is 2.55. The van der Waals surface area contributed by atoms with Gasteiger partial charge in [-0.25, -0.2) is 8.78 Å². The maximum atomic E-state index is 13.3. The maximum Gasteiger partial charge on any atom is 0.131 e. The molecule has 0 saturated carbocycles. The van der Waals surface area contributed by atoms with Gasteiger partial charge in [-0.2, -0.15) is 0 Å². The predicted octanol–water partition coefficient (Wildman–Crippen LogP) is 2.48. The Labute approximate surface area is 100.0 Å². The molecule has 1 aliphatic rings. The molecular weight excluding hydrogens is 224 g/mol. The lowest BCUT2D eigenvalue weighted by molar-refractivity contribution is 0.0747. The molecule has 94 valence electrons. The van der Waals surface area contributed by atoms with Crippen LogP contribution >= 0.6 is 0 Å². The number of rotatable bonds is 4. The average Bonchev–Trinajstić information content (AvgIpc) is 2.34. The lowest BCUT2D eigenvalue weighted by atomic mass is 10.0. The SMILES string of the molecule is Fc1cccc(F)c1COC[C@H]1CCCNC1. The molecule has 1 heterocycles. The summed E-state index contributed by atoms with van der Waals surface area (Å²) >= 11 is 0. The maximum absolute atomic E-state index is 13.3. The third kappa shape index (κ3) is 3.48. The van der Waals surface area contributed by atoms with Crippen LogP contribution in [-0.2, 0) is 11.3 Å². The lowest BCUT2D eigenvalue weighted by Crippen LogP contribution is -2.32. The smallest absolute Gasteiger partial charge is 0.131 e. The average molecular weight is 241 g/mol. The Morgan fingerprint density at radius 1 is 1.29 bits per heavy atom. The molecule has 0 radical (unpaired) electrons. The Hall–Kier alpha value is -1.00. The van der Waals surface area contributed by atoms with Gasteiger partial charge in [0.05, 0.1) is 13.2 Å². The van der Waals surface area contributed by atoms with Crippen molar-refractivity contribution in [3.05, 3.63) is 35.4 Å². The van der Waals surface area contributed by atoms with E-state index >= 15 is 0 Å². The number of benzene rings is 1. The highest BCUT2D eigenvalue weighted by atomic mass is 19.1. The molecule has 1 aromatic carbocycles. The van der Waals surface area contributed by atoms with Crippen molar-refractivity contribution >= 4 is 0 Å². The summed E-state index contributed by atoms with van der Waals surface area (Å²) in [6.07, 6.45) is 2.26. The van der Waals surface area contributed by atoms with E-state index in [9.17, 15) is 8.78 Å². The van der Waals surface area contributed by atoms with Crippen molar-refractivity contribution in [3.8, 4) is 0 Å². The van der Waals surface area contributed by atoms with E-state index in [1.807, 2.05) is 0 Å². The highest BCUT2D eigenvalue weighted by Gasteiger charge is 2.14. The molecule has 0 aromatic heterocycles. The normalized spacial score (nSPS) is 20.5. The highest BCUT2D eigenvalue weighted by molar-refractivity contribution is 5.18. The van der Waals surface area contributed by atoms with E-state index in [1.165, 1.54) is 18.2 Å². The fourth-order valence-corrected chi connectivity index (χ4v) is 2.06. The van der Waals surface area contributed by atoms with Gasteiger partial charge in [-0.3, -0.25) is 0 Å². The van der Waals surface area contributed by atoms with E-state index in [1.54, 1.807) is 0 Å². The Kier molecular flexibility index (Phi) is 4.45. The van der Waals surface area contributed by atoms with Gasteiger partial charge in [0.1, 0.15) is 11.6 Å². The summed E-state index contributed by atoms with van der Waals surface area (Å²) in [6, 6.07) is 3.87. The van der Waals surface area contributed by atoms with E-state index in [2.05, 4.69) is 5.32 Å². The van der Waals surface area contributed by atoms with Crippen LogP contribution in [0, 0.1) is 17.6 Å². The third-order valence-corrected chi connectivity index (χ3v) is 3.06. The van der Waals surface area contributed by atoms with Crippen LogP contribution in [0.25, 0.3) is 0 Å². The lowest BCUT2D eigenvalue weighted by Gasteiger charge is -2.22. The largest absolute Gasteiger partial charge is 0.376 e. The molecular formula is C13H17F2NO. The molecule has 1 saturated heterocycles. The summed E-state index contributed by atoms with van der Waals surface area (Å²) in [4.78, 5) is 0. The number of piperidine rings is 1. The standard InChI is InChI=1S/C13H17F2NO/c14-12-4-1-5-13(15)11(12)9-17-8-10-3-2-6-16-7-10/h1,4-5,10,16H,2-3,6-9H2/t10-/m0/s1. The zero-order valence-corrected chi connectivity index (χ0v) is 9.72. The van der Waals surface area contributed by atoms with Crippen molar-refractivity contribution in [3.63, 3.8) is 0 Å². The molecule has 1 fully saturated rings. The Morgan fingerprint density at radius 3 is 2.71 bits per heavy atom. The first-order valence-electron chi connectivity index (χ1n) is 5.98. The monoisotopic (exact) mass is 241 g/mol. The van der Waals surface area contributed by atoms with Gasteiger partial charge in [-0.05, 0) is 37.4 Å². The Bertz CT molecular complexity index is 344. The van der Waals surface area contributed by atoms with E-state index < -0.39 is 11.6 Å². The van der Waals surface area contributed by atoms with Crippen molar-refractivity contribution in [1.82, 2.24) is 5.32 Å². The fraction of sp³-hybridized carbons (Fsp3) is 0.538. The van der Waals surface area contributed by atoms with Crippen LogP contribution in [0.15, 0.2) is 18.2 Å². The second-order valence-corrected chi connectivity index (χ2v) is 4.43.